The summed E-state index contributed by atoms with van der Waals surface area (Å²) in [5.41, 5.74) is 7.04. The predicted molar refractivity (Wildman–Crippen MR) is 62.6 cm³/mol. The molecule has 0 unspecified atom stereocenters. The van der Waals surface area contributed by atoms with E-state index in [9.17, 15) is 4.79 Å². The number of aryl methyl sites for hydroxylation is 1. The Hall–Kier alpha value is -1.36. The van der Waals surface area contributed by atoms with Gasteiger partial charge in [0.1, 0.15) is 0 Å². The van der Waals surface area contributed by atoms with Gasteiger partial charge in [-0.3, -0.25) is 9.48 Å². The van der Waals surface area contributed by atoms with Crippen LogP contribution in [0.1, 0.15) is 25.1 Å². The smallest absolute Gasteiger partial charge is 0.224 e. The van der Waals surface area contributed by atoms with E-state index in [1.807, 2.05) is 38.7 Å². The third-order valence-corrected chi connectivity index (χ3v) is 2.89. The van der Waals surface area contributed by atoms with Crippen LogP contribution in [-0.2, 0) is 18.4 Å². The lowest BCUT2D eigenvalue weighted by atomic mass is 9.93. The molecular weight excluding hydrogens is 204 g/mol. The molecule has 0 fully saturated rings. The molecule has 0 saturated carbocycles. The molecule has 1 amide bonds. The van der Waals surface area contributed by atoms with Crippen molar-refractivity contribution in [3.63, 3.8) is 0 Å². The highest BCUT2D eigenvalue weighted by Crippen LogP contribution is 2.12. The zero-order valence-corrected chi connectivity index (χ0v) is 10.4. The molecule has 16 heavy (non-hydrogen) atoms. The Balaban J connectivity index is 2.48. The van der Waals surface area contributed by atoms with Crippen molar-refractivity contribution in [2.24, 2.45) is 18.2 Å². The van der Waals surface area contributed by atoms with Gasteiger partial charge >= 0.3 is 0 Å². The van der Waals surface area contributed by atoms with E-state index in [0.29, 0.717) is 13.1 Å². The van der Waals surface area contributed by atoms with Crippen molar-refractivity contribution in [1.82, 2.24) is 15.1 Å². The van der Waals surface area contributed by atoms with E-state index in [1.165, 1.54) is 0 Å². The first-order chi connectivity index (χ1) is 7.34. The summed E-state index contributed by atoms with van der Waals surface area (Å²) >= 11 is 0. The fourth-order valence-electron chi connectivity index (χ4n) is 1.31. The largest absolute Gasteiger partial charge is 0.369 e. The van der Waals surface area contributed by atoms with Gasteiger partial charge in [0.05, 0.1) is 11.6 Å². The van der Waals surface area contributed by atoms with Gasteiger partial charge in [-0.25, -0.2) is 0 Å². The molecule has 0 aliphatic carbocycles. The van der Waals surface area contributed by atoms with Gasteiger partial charge in [0.25, 0.3) is 0 Å². The second-order valence-corrected chi connectivity index (χ2v) is 4.73. The lowest BCUT2D eigenvalue weighted by Gasteiger charge is -2.20. The summed E-state index contributed by atoms with van der Waals surface area (Å²) in [6.07, 6.45) is 1.83. The van der Waals surface area contributed by atoms with Gasteiger partial charge in [-0.2, -0.15) is 5.10 Å². The van der Waals surface area contributed by atoms with E-state index in [-0.39, 0.29) is 5.91 Å². The van der Waals surface area contributed by atoms with Crippen LogP contribution in [0.3, 0.4) is 0 Å². The van der Waals surface area contributed by atoms with Gasteiger partial charge in [-0.05, 0) is 20.8 Å². The maximum atomic E-state index is 11.1. The molecule has 3 N–H and O–H groups in total. The van der Waals surface area contributed by atoms with E-state index in [1.54, 1.807) is 0 Å². The lowest BCUT2D eigenvalue weighted by molar-refractivity contribution is -0.125. The minimum atomic E-state index is -0.518. The van der Waals surface area contributed by atoms with Crippen molar-refractivity contribution in [3.8, 4) is 0 Å². The van der Waals surface area contributed by atoms with Crippen molar-refractivity contribution in [2.45, 2.75) is 27.3 Å². The number of aromatic nitrogens is 2. The number of carbonyl (C=O) groups excluding carboxylic acids is 1. The van der Waals surface area contributed by atoms with Crippen molar-refractivity contribution < 1.29 is 4.79 Å². The summed E-state index contributed by atoms with van der Waals surface area (Å²) in [5, 5.41) is 7.37. The van der Waals surface area contributed by atoms with Crippen molar-refractivity contribution in [1.29, 1.82) is 0 Å². The van der Waals surface area contributed by atoms with Crippen molar-refractivity contribution in [3.05, 3.63) is 17.5 Å². The lowest BCUT2D eigenvalue weighted by Crippen LogP contribution is -2.40. The molecule has 0 saturated heterocycles. The van der Waals surface area contributed by atoms with Crippen LogP contribution in [0.4, 0.5) is 0 Å². The monoisotopic (exact) mass is 224 g/mol. The Morgan fingerprint density at radius 1 is 1.62 bits per heavy atom. The molecule has 90 valence electrons. The molecule has 0 atom stereocenters. The third kappa shape index (κ3) is 2.82. The van der Waals surface area contributed by atoms with E-state index in [0.717, 1.165) is 11.3 Å². The summed E-state index contributed by atoms with van der Waals surface area (Å²) in [5.74, 6) is -0.289. The topological polar surface area (TPSA) is 72.9 Å². The number of primary amides is 1. The SMILES string of the molecule is Cc1c(CNCC(C)(C)C(N)=O)cnn1C. The quantitative estimate of drug-likeness (QED) is 0.757. The summed E-state index contributed by atoms with van der Waals surface area (Å²) < 4.78 is 1.83. The summed E-state index contributed by atoms with van der Waals surface area (Å²) in [6.45, 7) is 6.95. The molecule has 1 rings (SSSR count). The number of rotatable bonds is 5. The molecule has 5 nitrogen and oxygen atoms in total. The molecule has 1 heterocycles. The fourth-order valence-corrected chi connectivity index (χ4v) is 1.31. The fraction of sp³-hybridized carbons (Fsp3) is 0.636. The highest BCUT2D eigenvalue weighted by atomic mass is 16.1. The molecule has 0 radical (unpaired) electrons. The summed E-state index contributed by atoms with van der Waals surface area (Å²) in [6, 6.07) is 0. The standard InChI is InChI=1S/C11H20N4O/c1-8-9(6-14-15(8)4)5-13-7-11(2,3)10(12)16/h6,13H,5,7H2,1-4H3,(H2,12,16). The minimum absolute atomic E-state index is 0.289. The Kier molecular flexibility index (Phi) is 3.70. The van der Waals surface area contributed by atoms with Gasteiger partial charge < -0.3 is 11.1 Å². The Morgan fingerprint density at radius 3 is 2.69 bits per heavy atom. The van der Waals surface area contributed by atoms with Gasteiger partial charge in [-0.15, -0.1) is 0 Å². The van der Waals surface area contributed by atoms with Crippen LogP contribution < -0.4 is 11.1 Å². The Morgan fingerprint density at radius 2 is 2.25 bits per heavy atom. The molecular formula is C11H20N4O. The summed E-state index contributed by atoms with van der Waals surface area (Å²) in [4.78, 5) is 11.1. The Labute approximate surface area is 96.0 Å². The zero-order valence-electron chi connectivity index (χ0n) is 10.4. The van der Waals surface area contributed by atoms with Gasteiger partial charge in [0.2, 0.25) is 5.91 Å². The van der Waals surface area contributed by atoms with Gasteiger partial charge in [0.15, 0.2) is 0 Å². The van der Waals surface area contributed by atoms with Crippen molar-refractivity contribution >= 4 is 5.91 Å². The number of carbonyl (C=O) groups is 1. The van der Waals surface area contributed by atoms with E-state index in [2.05, 4.69) is 10.4 Å². The maximum absolute atomic E-state index is 11.1. The number of hydrogen-bond acceptors (Lipinski definition) is 3. The molecule has 5 heteroatoms. The molecule has 0 spiro atoms. The molecule has 0 aromatic carbocycles. The van der Waals surface area contributed by atoms with Crippen LogP contribution >= 0.6 is 0 Å². The van der Waals surface area contributed by atoms with Crippen LogP contribution in [-0.4, -0.2) is 22.2 Å². The molecule has 0 bridgehead atoms. The average molecular weight is 224 g/mol. The van der Waals surface area contributed by atoms with Gasteiger partial charge in [0, 0.05) is 31.4 Å². The molecule has 0 aliphatic heterocycles. The van der Waals surface area contributed by atoms with Gasteiger partial charge in [-0.1, -0.05) is 0 Å². The number of hydrogen-bond donors (Lipinski definition) is 2. The van der Waals surface area contributed by atoms with Crippen molar-refractivity contribution in [2.75, 3.05) is 6.54 Å². The Bertz CT molecular complexity index is 381. The second-order valence-electron chi connectivity index (χ2n) is 4.73. The van der Waals surface area contributed by atoms with Crippen LogP contribution in [0.2, 0.25) is 0 Å². The molecule has 1 aromatic heterocycles. The zero-order chi connectivity index (χ0) is 12.3. The molecule has 1 aromatic rings. The van der Waals surface area contributed by atoms with Crippen LogP contribution in [0.5, 0.6) is 0 Å². The van der Waals surface area contributed by atoms with Crippen LogP contribution in [0, 0.1) is 12.3 Å². The molecule has 0 aliphatic rings. The number of nitrogens with two attached hydrogens (primary N) is 1. The average Bonchev–Trinajstić information content (AvgIpc) is 2.49. The summed E-state index contributed by atoms with van der Waals surface area (Å²) in [7, 11) is 1.91. The first kappa shape index (κ1) is 12.7. The van der Waals surface area contributed by atoms with E-state index in [4.69, 9.17) is 5.73 Å². The first-order valence-corrected chi connectivity index (χ1v) is 5.32. The highest BCUT2D eigenvalue weighted by Gasteiger charge is 2.24. The van der Waals surface area contributed by atoms with Crippen LogP contribution in [0.25, 0.3) is 0 Å². The minimum Gasteiger partial charge on any atom is -0.369 e. The van der Waals surface area contributed by atoms with Crippen LogP contribution in [0.15, 0.2) is 6.20 Å². The first-order valence-electron chi connectivity index (χ1n) is 5.32. The predicted octanol–water partition coefficient (Wildman–Crippen LogP) is 0.330. The number of nitrogens with zero attached hydrogens (tertiary/aromatic N) is 2. The second kappa shape index (κ2) is 4.65. The number of amides is 1. The maximum Gasteiger partial charge on any atom is 0.224 e. The van der Waals surface area contributed by atoms with E-state index >= 15 is 0 Å². The normalized spacial score (nSPS) is 11.8. The van der Waals surface area contributed by atoms with E-state index < -0.39 is 5.41 Å². The number of nitrogens with one attached hydrogen (secondary N) is 1. The third-order valence-electron chi connectivity index (χ3n) is 2.89. The highest BCUT2D eigenvalue weighted by molar-refractivity contribution is 5.80.